The molecule has 0 fully saturated rings. The van der Waals surface area contributed by atoms with E-state index in [0.717, 1.165) is 5.56 Å². The van der Waals surface area contributed by atoms with Gasteiger partial charge in [-0.05, 0) is 52.3 Å². The SMILES string of the molecule is NCc1cc(Cl)ccc1Oc1ccc(F)c(Br)c1. The predicted octanol–water partition coefficient (Wildman–Crippen LogP) is 4.49. The second-order valence-corrected chi connectivity index (χ2v) is 4.92. The van der Waals surface area contributed by atoms with Crippen LogP contribution in [-0.2, 0) is 6.54 Å². The van der Waals surface area contributed by atoms with Crippen LogP contribution in [0.1, 0.15) is 5.56 Å². The van der Waals surface area contributed by atoms with E-state index in [1.165, 1.54) is 6.07 Å². The van der Waals surface area contributed by atoms with Gasteiger partial charge in [-0.15, -0.1) is 0 Å². The van der Waals surface area contributed by atoms with Gasteiger partial charge in [0.15, 0.2) is 0 Å². The van der Waals surface area contributed by atoms with Gasteiger partial charge in [-0.2, -0.15) is 0 Å². The highest BCUT2D eigenvalue weighted by atomic mass is 79.9. The number of hydrogen-bond acceptors (Lipinski definition) is 2. The fourth-order valence-electron chi connectivity index (χ4n) is 1.47. The van der Waals surface area contributed by atoms with Crippen molar-refractivity contribution in [3.8, 4) is 11.5 Å². The van der Waals surface area contributed by atoms with Crippen molar-refractivity contribution in [2.45, 2.75) is 6.54 Å². The Hall–Kier alpha value is -1.10. The van der Waals surface area contributed by atoms with Gasteiger partial charge in [0.25, 0.3) is 0 Å². The summed E-state index contributed by atoms with van der Waals surface area (Å²) in [6.45, 7) is 0.318. The molecular formula is C13H10BrClFNO. The molecule has 0 radical (unpaired) electrons. The van der Waals surface area contributed by atoms with Gasteiger partial charge in [-0.3, -0.25) is 0 Å². The maximum atomic E-state index is 13.1. The largest absolute Gasteiger partial charge is 0.457 e. The first-order chi connectivity index (χ1) is 8.60. The lowest BCUT2D eigenvalue weighted by molar-refractivity contribution is 0.474. The number of benzene rings is 2. The number of hydrogen-bond donors (Lipinski definition) is 1. The molecule has 2 N–H and O–H groups in total. The maximum Gasteiger partial charge on any atom is 0.137 e. The predicted molar refractivity (Wildman–Crippen MR) is 73.5 cm³/mol. The molecule has 0 aromatic heterocycles. The summed E-state index contributed by atoms with van der Waals surface area (Å²) in [5.41, 5.74) is 6.41. The van der Waals surface area contributed by atoms with Gasteiger partial charge < -0.3 is 10.5 Å². The standard InChI is InChI=1S/C13H10BrClFNO/c14-11-6-10(2-3-12(11)16)18-13-4-1-9(15)5-8(13)7-17/h1-6H,7,17H2. The first-order valence-electron chi connectivity index (χ1n) is 5.21. The van der Waals surface area contributed by atoms with Gasteiger partial charge in [0.05, 0.1) is 4.47 Å². The molecule has 0 amide bonds. The van der Waals surface area contributed by atoms with Crippen molar-refractivity contribution >= 4 is 27.5 Å². The average Bonchev–Trinajstić information content (AvgIpc) is 2.36. The van der Waals surface area contributed by atoms with Crippen LogP contribution in [0.25, 0.3) is 0 Å². The molecule has 5 heteroatoms. The fraction of sp³-hybridized carbons (Fsp3) is 0.0769. The number of ether oxygens (including phenoxy) is 1. The lowest BCUT2D eigenvalue weighted by Crippen LogP contribution is -1.99. The molecule has 2 aromatic carbocycles. The zero-order valence-corrected chi connectivity index (χ0v) is 11.6. The monoisotopic (exact) mass is 329 g/mol. The Kier molecular flexibility index (Phi) is 4.22. The highest BCUT2D eigenvalue weighted by molar-refractivity contribution is 9.10. The zero-order chi connectivity index (χ0) is 13.1. The Morgan fingerprint density at radius 1 is 1.22 bits per heavy atom. The second kappa shape index (κ2) is 5.69. The van der Waals surface area contributed by atoms with Crippen LogP contribution in [-0.4, -0.2) is 0 Å². The maximum absolute atomic E-state index is 13.1. The molecule has 94 valence electrons. The third-order valence-electron chi connectivity index (χ3n) is 2.36. The van der Waals surface area contributed by atoms with Crippen molar-refractivity contribution < 1.29 is 9.13 Å². The molecule has 0 aliphatic carbocycles. The Morgan fingerprint density at radius 2 is 2.00 bits per heavy atom. The van der Waals surface area contributed by atoms with E-state index in [1.807, 2.05) is 0 Å². The van der Waals surface area contributed by atoms with Crippen molar-refractivity contribution in [3.05, 3.63) is 57.3 Å². The van der Waals surface area contributed by atoms with Crippen molar-refractivity contribution in [2.24, 2.45) is 5.73 Å². The van der Waals surface area contributed by atoms with Gasteiger partial charge in [0.1, 0.15) is 17.3 Å². The van der Waals surface area contributed by atoms with Crippen LogP contribution >= 0.6 is 27.5 Å². The topological polar surface area (TPSA) is 35.2 Å². The summed E-state index contributed by atoms with van der Waals surface area (Å²) in [6, 6.07) is 9.64. The Bertz CT molecular complexity index is 577. The van der Waals surface area contributed by atoms with E-state index in [2.05, 4.69) is 15.9 Å². The molecule has 0 spiro atoms. The average molecular weight is 331 g/mol. The second-order valence-electron chi connectivity index (χ2n) is 3.63. The smallest absolute Gasteiger partial charge is 0.137 e. The molecule has 2 rings (SSSR count). The van der Waals surface area contributed by atoms with Crippen LogP contribution in [0.15, 0.2) is 40.9 Å². The third-order valence-corrected chi connectivity index (χ3v) is 3.20. The van der Waals surface area contributed by atoms with E-state index in [0.29, 0.717) is 27.5 Å². The molecule has 0 heterocycles. The molecule has 0 unspecified atom stereocenters. The van der Waals surface area contributed by atoms with Crippen molar-refractivity contribution in [2.75, 3.05) is 0 Å². The summed E-state index contributed by atoms with van der Waals surface area (Å²) in [4.78, 5) is 0. The molecule has 0 saturated heterocycles. The van der Waals surface area contributed by atoms with Crippen LogP contribution in [0.2, 0.25) is 5.02 Å². The minimum Gasteiger partial charge on any atom is -0.457 e. The van der Waals surface area contributed by atoms with E-state index in [-0.39, 0.29) is 5.82 Å². The normalized spacial score (nSPS) is 10.4. The summed E-state index contributed by atoms with van der Waals surface area (Å²) in [5.74, 6) is 0.804. The van der Waals surface area contributed by atoms with E-state index in [4.69, 9.17) is 22.1 Å². The lowest BCUT2D eigenvalue weighted by atomic mass is 10.2. The van der Waals surface area contributed by atoms with Gasteiger partial charge in [0, 0.05) is 17.1 Å². The van der Waals surface area contributed by atoms with Crippen molar-refractivity contribution in [3.63, 3.8) is 0 Å². The first-order valence-corrected chi connectivity index (χ1v) is 6.38. The molecule has 0 saturated carbocycles. The van der Waals surface area contributed by atoms with Gasteiger partial charge in [-0.25, -0.2) is 4.39 Å². The number of halogens is 3. The van der Waals surface area contributed by atoms with E-state index in [1.54, 1.807) is 30.3 Å². The first kappa shape index (κ1) is 13.3. The molecule has 2 aromatic rings. The molecular weight excluding hydrogens is 321 g/mol. The van der Waals surface area contributed by atoms with Crippen LogP contribution in [0, 0.1) is 5.82 Å². The lowest BCUT2D eigenvalue weighted by Gasteiger charge is -2.10. The Morgan fingerprint density at radius 3 is 2.67 bits per heavy atom. The minimum atomic E-state index is -0.336. The van der Waals surface area contributed by atoms with Crippen LogP contribution in [0.5, 0.6) is 11.5 Å². The van der Waals surface area contributed by atoms with E-state index >= 15 is 0 Å². The van der Waals surface area contributed by atoms with E-state index < -0.39 is 0 Å². The molecule has 0 aliphatic rings. The van der Waals surface area contributed by atoms with Gasteiger partial charge >= 0.3 is 0 Å². The van der Waals surface area contributed by atoms with Gasteiger partial charge in [0.2, 0.25) is 0 Å². The highest BCUT2D eigenvalue weighted by Gasteiger charge is 2.06. The summed E-state index contributed by atoms with van der Waals surface area (Å²) in [7, 11) is 0. The van der Waals surface area contributed by atoms with Crippen LogP contribution in [0.3, 0.4) is 0 Å². The Balaban J connectivity index is 2.30. The molecule has 18 heavy (non-hydrogen) atoms. The quantitative estimate of drug-likeness (QED) is 0.899. The summed E-state index contributed by atoms with van der Waals surface area (Å²) < 4.78 is 19.1. The number of nitrogens with two attached hydrogens (primary N) is 1. The summed E-state index contributed by atoms with van der Waals surface area (Å²) in [6.07, 6.45) is 0. The Labute approximate surface area is 118 Å². The highest BCUT2D eigenvalue weighted by Crippen LogP contribution is 2.30. The van der Waals surface area contributed by atoms with Gasteiger partial charge in [-0.1, -0.05) is 11.6 Å². The third kappa shape index (κ3) is 3.02. The fourth-order valence-corrected chi connectivity index (χ4v) is 2.03. The molecule has 0 aliphatic heterocycles. The van der Waals surface area contributed by atoms with Crippen LogP contribution in [0.4, 0.5) is 4.39 Å². The number of rotatable bonds is 3. The summed E-state index contributed by atoms with van der Waals surface area (Å²) >= 11 is 8.98. The molecule has 0 atom stereocenters. The van der Waals surface area contributed by atoms with Crippen LogP contribution < -0.4 is 10.5 Å². The summed E-state index contributed by atoms with van der Waals surface area (Å²) in [5, 5.41) is 0.600. The van der Waals surface area contributed by atoms with Crippen molar-refractivity contribution in [1.82, 2.24) is 0 Å². The van der Waals surface area contributed by atoms with Crippen molar-refractivity contribution in [1.29, 1.82) is 0 Å². The molecule has 2 nitrogen and oxygen atoms in total. The zero-order valence-electron chi connectivity index (χ0n) is 9.29. The molecule has 0 bridgehead atoms. The minimum absolute atomic E-state index is 0.318. The van der Waals surface area contributed by atoms with E-state index in [9.17, 15) is 4.39 Å².